The molecule has 1 atom stereocenters. The molecule has 1 N–H and O–H groups in total. The van der Waals surface area contributed by atoms with E-state index in [1.54, 1.807) is 0 Å². The van der Waals surface area contributed by atoms with E-state index in [9.17, 15) is 0 Å². The number of hydrogen-bond acceptors (Lipinski definition) is 3. The van der Waals surface area contributed by atoms with Gasteiger partial charge in [-0.25, -0.2) is 4.98 Å². The van der Waals surface area contributed by atoms with Crippen LogP contribution < -0.4 is 5.32 Å². The van der Waals surface area contributed by atoms with Crippen molar-refractivity contribution in [2.75, 3.05) is 6.54 Å². The van der Waals surface area contributed by atoms with E-state index in [2.05, 4.69) is 20.9 Å². The molecule has 0 aliphatic heterocycles. The van der Waals surface area contributed by atoms with Crippen LogP contribution in [0.1, 0.15) is 37.6 Å². The molecule has 1 heterocycles. The molecular weight excluding hydrogens is 212 g/mol. The first-order valence-electron chi connectivity index (χ1n) is 6.51. The molecule has 1 aliphatic carbocycles. The molecule has 2 rings (SSSR count). The number of fused-ring (bicyclic) bond motifs is 1. The first-order chi connectivity index (χ1) is 8.35. The number of rotatable bonds is 5. The lowest BCUT2D eigenvalue weighted by Gasteiger charge is -2.15. The van der Waals surface area contributed by atoms with Crippen LogP contribution in [0.5, 0.6) is 0 Å². The fraction of sp³-hybridized carbons (Fsp3) is 0.692. The van der Waals surface area contributed by atoms with Crippen molar-refractivity contribution in [1.29, 1.82) is 5.26 Å². The van der Waals surface area contributed by atoms with Gasteiger partial charge in [0.2, 0.25) is 0 Å². The molecule has 1 aromatic heterocycles. The minimum atomic E-state index is -0.0401. The van der Waals surface area contributed by atoms with Gasteiger partial charge in [0.1, 0.15) is 0 Å². The first-order valence-corrected chi connectivity index (χ1v) is 6.51. The summed E-state index contributed by atoms with van der Waals surface area (Å²) in [7, 11) is 0. The lowest BCUT2D eigenvalue weighted by Crippen LogP contribution is -2.28. The smallest absolute Gasteiger partial charge is 0.0969 e. The molecule has 0 bridgehead atoms. The third-order valence-electron chi connectivity index (χ3n) is 3.37. The third kappa shape index (κ3) is 2.86. The van der Waals surface area contributed by atoms with Crippen LogP contribution in [0.25, 0.3) is 0 Å². The highest BCUT2D eigenvalue weighted by molar-refractivity contribution is 5.16. The number of nitrogens with zero attached hydrogens (tertiary/aromatic N) is 3. The summed E-state index contributed by atoms with van der Waals surface area (Å²) in [5.41, 5.74) is 2.66. The molecule has 0 spiro atoms. The molecule has 92 valence electrons. The van der Waals surface area contributed by atoms with Crippen LogP contribution in [-0.4, -0.2) is 22.1 Å². The van der Waals surface area contributed by atoms with Crippen molar-refractivity contribution in [2.24, 2.45) is 0 Å². The summed E-state index contributed by atoms with van der Waals surface area (Å²) in [6, 6.07) is 2.26. The fourth-order valence-corrected chi connectivity index (χ4v) is 2.45. The average Bonchev–Trinajstić information content (AvgIpc) is 2.78. The van der Waals surface area contributed by atoms with Gasteiger partial charge in [-0.1, -0.05) is 6.92 Å². The van der Waals surface area contributed by atoms with Crippen LogP contribution in [0.2, 0.25) is 0 Å². The number of aryl methyl sites for hydroxylation is 2. The van der Waals surface area contributed by atoms with E-state index in [0.717, 1.165) is 32.4 Å². The second kappa shape index (κ2) is 5.83. The highest BCUT2D eigenvalue weighted by Crippen LogP contribution is 2.20. The molecular formula is C13H20N4. The van der Waals surface area contributed by atoms with Crippen molar-refractivity contribution in [3.63, 3.8) is 0 Å². The molecule has 1 unspecified atom stereocenters. The molecule has 1 aromatic rings. The number of hydrogen-bond donors (Lipinski definition) is 1. The van der Waals surface area contributed by atoms with Crippen LogP contribution in [0.3, 0.4) is 0 Å². The summed E-state index contributed by atoms with van der Waals surface area (Å²) in [5.74, 6) is 0. The van der Waals surface area contributed by atoms with Crippen molar-refractivity contribution < 1.29 is 0 Å². The first kappa shape index (κ1) is 12.1. The Bertz CT molecular complexity index is 402. The Balaban J connectivity index is 1.95. The molecule has 0 fully saturated rings. The van der Waals surface area contributed by atoms with Crippen LogP contribution in [0.4, 0.5) is 0 Å². The van der Waals surface area contributed by atoms with E-state index in [1.807, 2.05) is 13.3 Å². The SMILES string of the molecule is CCNC(C#N)CCn1cnc2c1CCCC2. The van der Waals surface area contributed by atoms with E-state index in [1.165, 1.54) is 24.2 Å². The summed E-state index contributed by atoms with van der Waals surface area (Å²) in [6.07, 6.45) is 7.60. The average molecular weight is 232 g/mol. The molecule has 0 aromatic carbocycles. The van der Waals surface area contributed by atoms with Gasteiger partial charge in [-0.15, -0.1) is 0 Å². The fourth-order valence-electron chi connectivity index (χ4n) is 2.45. The topological polar surface area (TPSA) is 53.6 Å². The number of nitriles is 1. The van der Waals surface area contributed by atoms with Gasteiger partial charge in [0.25, 0.3) is 0 Å². The number of imidazole rings is 1. The zero-order chi connectivity index (χ0) is 12.1. The second-order valence-corrected chi connectivity index (χ2v) is 4.57. The van der Waals surface area contributed by atoms with Crippen LogP contribution in [-0.2, 0) is 19.4 Å². The summed E-state index contributed by atoms with van der Waals surface area (Å²) < 4.78 is 2.23. The van der Waals surface area contributed by atoms with Gasteiger partial charge in [-0.05, 0) is 38.6 Å². The Morgan fingerprint density at radius 3 is 3.12 bits per heavy atom. The van der Waals surface area contributed by atoms with Crippen molar-refractivity contribution in [1.82, 2.24) is 14.9 Å². The van der Waals surface area contributed by atoms with Crippen molar-refractivity contribution in [2.45, 2.75) is 51.6 Å². The Kier molecular flexibility index (Phi) is 4.16. The van der Waals surface area contributed by atoms with Gasteiger partial charge in [0.15, 0.2) is 0 Å². The molecule has 4 nitrogen and oxygen atoms in total. The van der Waals surface area contributed by atoms with E-state index in [-0.39, 0.29) is 6.04 Å². The molecule has 0 amide bonds. The maximum absolute atomic E-state index is 8.99. The Morgan fingerprint density at radius 1 is 1.53 bits per heavy atom. The van der Waals surface area contributed by atoms with Crippen LogP contribution in [0, 0.1) is 11.3 Å². The summed E-state index contributed by atoms with van der Waals surface area (Å²) in [6.45, 7) is 3.78. The zero-order valence-corrected chi connectivity index (χ0v) is 10.4. The number of aromatic nitrogens is 2. The van der Waals surface area contributed by atoms with Gasteiger partial charge >= 0.3 is 0 Å². The van der Waals surface area contributed by atoms with Gasteiger partial charge < -0.3 is 9.88 Å². The van der Waals surface area contributed by atoms with E-state index < -0.39 is 0 Å². The highest BCUT2D eigenvalue weighted by atomic mass is 15.1. The van der Waals surface area contributed by atoms with E-state index in [4.69, 9.17) is 5.26 Å². The predicted molar refractivity (Wildman–Crippen MR) is 66.6 cm³/mol. The van der Waals surface area contributed by atoms with Crippen LogP contribution >= 0.6 is 0 Å². The van der Waals surface area contributed by atoms with Gasteiger partial charge in [-0.3, -0.25) is 0 Å². The Labute approximate surface area is 103 Å². The predicted octanol–water partition coefficient (Wildman–Crippen LogP) is 1.65. The lowest BCUT2D eigenvalue weighted by atomic mass is 10.0. The second-order valence-electron chi connectivity index (χ2n) is 4.57. The maximum atomic E-state index is 8.99. The lowest BCUT2D eigenvalue weighted by molar-refractivity contribution is 0.512. The van der Waals surface area contributed by atoms with Gasteiger partial charge in [-0.2, -0.15) is 5.26 Å². The van der Waals surface area contributed by atoms with Gasteiger partial charge in [0.05, 0.1) is 24.1 Å². The molecule has 0 saturated heterocycles. The van der Waals surface area contributed by atoms with Gasteiger partial charge in [0, 0.05) is 12.2 Å². The largest absolute Gasteiger partial charge is 0.334 e. The minimum absolute atomic E-state index is 0.0401. The highest BCUT2D eigenvalue weighted by Gasteiger charge is 2.15. The zero-order valence-electron chi connectivity index (χ0n) is 10.4. The number of nitrogens with one attached hydrogen (secondary N) is 1. The van der Waals surface area contributed by atoms with E-state index >= 15 is 0 Å². The minimum Gasteiger partial charge on any atom is -0.334 e. The maximum Gasteiger partial charge on any atom is 0.0969 e. The molecule has 4 heteroatoms. The monoisotopic (exact) mass is 232 g/mol. The molecule has 1 aliphatic rings. The Hall–Kier alpha value is -1.34. The summed E-state index contributed by atoms with van der Waals surface area (Å²) in [4.78, 5) is 4.47. The Morgan fingerprint density at radius 2 is 2.35 bits per heavy atom. The van der Waals surface area contributed by atoms with E-state index in [0.29, 0.717) is 0 Å². The summed E-state index contributed by atoms with van der Waals surface area (Å²) >= 11 is 0. The van der Waals surface area contributed by atoms with Crippen molar-refractivity contribution in [3.05, 3.63) is 17.7 Å². The standard InChI is InChI=1S/C13H20N4/c1-2-15-11(9-14)7-8-17-10-16-12-5-3-4-6-13(12)17/h10-11,15H,2-8H2,1H3. The molecule has 17 heavy (non-hydrogen) atoms. The van der Waals surface area contributed by atoms with Crippen molar-refractivity contribution >= 4 is 0 Å². The normalized spacial score (nSPS) is 16.2. The quantitative estimate of drug-likeness (QED) is 0.840. The molecule has 0 radical (unpaired) electrons. The van der Waals surface area contributed by atoms with Crippen LogP contribution in [0.15, 0.2) is 6.33 Å². The molecule has 0 saturated carbocycles. The summed E-state index contributed by atoms with van der Waals surface area (Å²) in [5, 5.41) is 12.2. The van der Waals surface area contributed by atoms with Crippen molar-refractivity contribution in [3.8, 4) is 6.07 Å². The third-order valence-corrected chi connectivity index (χ3v) is 3.37.